The number of pyridine rings is 1. The van der Waals surface area contributed by atoms with Crippen molar-refractivity contribution in [2.24, 2.45) is 0 Å². The van der Waals surface area contributed by atoms with Gasteiger partial charge in [-0.1, -0.05) is 30.3 Å². The zero-order chi connectivity index (χ0) is 17.3. The van der Waals surface area contributed by atoms with Crippen molar-refractivity contribution < 1.29 is 9.53 Å². The topological polar surface area (TPSA) is 55.6 Å². The number of hydrogen-bond acceptors (Lipinski definition) is 3. The molecule has 6 heteroatoms. The van der Waals surface area contributed by atoms with Crippen LogP contribution in [0, 0.1) is 0 Å². The molecule has 1 amide bonds. The number of nitrogens with zero attached hydrogens (tertiary/aromatic N) is 2. The summed E-state index contributed by atoms with van der Waals surface area (Å²) >= 11 is 3.61. The Morgan fingerprint density at radius 1 is 1.17 bits per heavy atom. The fourth-order valence-corrected chi connectivity index (χ4v) is 2.92. The van der Waals surface area contributed by atoms with Gasteiger partial charge in [0.25, 0.3) is 0 Å². The number of anilines is 1. The third-order valence-electron chi connectivity index (χ3n) is 3.26. The van der Waals surface area contributed by atoms with Crippen LogP contribution in [-0.4, -0.2) is 21.3 Å². The number of carbonyl (C=O) groups excluding carboxylic acids is 1. The lowest BCUT2D eigenvalue weighted by Gasteiger charge is -2.19. The standard InChI is InChI=1S/C18H18BrN3O2/c1-18(2,3)24-17(23)20-13-9-10-14-15(19)16(21-22(14)11-13)12-7-5-4-6-8-12/h4-11H,1-3H3,(H,20,23). The molecule has 1 aromatic carbocycles. The second kappa shape index (κ2) is 6.28. The van der Waals surface area contributed by atoms with Crippen LogP contribution in [0.2, 0.25) is 0 Å². The molecule has 3 aromatic rings. The van der Waals surface area contributed by atoms with Crippen molar-refractivity contribution >= 4 is 33.2 Å². The molecule has 0 saturated carbocycles. The lowest BCUT2D eigenvalue weighted by molar-refractivity contribution is 0.0636. The largest absolute Gasteiger partial charge is 0.444 e. The molecular formula is C18H18BrN3O2. The summed E-state index contributed by atoms with van der Waals surface area (Å²) < 4.78 is 7.91. The van der Waals surface area contributed by atoms with Crippen LogP contribution in [0.5, 0.6) is 0 Å². The van der Waals surface area contributed by atoms with Crippen molar-refractivity contribution in [2.45, 2.75) is 26.4 Å². The molecular weight excluding hydrogens is 370 g/mol. The van der Waals surface area contributed by atoms with E-state index in [2.05, 4.69) is 26.3 Å². The SMILES string of the molecule is CC(C)(C)OC(=O)Nc1ccc2c(Br)c(-c3ccccc3)nn2c1. The fraction of sp³-hybridized carbons (Fsp3) is 0.222. The maximum absolute atomic E-state index is 11.9. The number of ether oxygens (including phenoxy) is 1. The quantitative estimate of drug-likeness (QED) is 0.664. The van der Waals surface area contributed by atoms with Gasteiger partial charge in [-0.15, -0.1) is 0 Å². The van der Waals surface area contributed by atoms with Gasteiger partial charge in [-0.25, -0.2) is 9.31 Å². The van der Waals surface area contributed by atoms with E-state index in [1.807, 2.05) is 63.2 Å². The van der Waals surface area contributed by atoms with Crippen LogP contribution in [0.25, 0.3) is 16.8 Å². The minimum absolute atomic E-state index is 0.489. The first-order valence-electron chi connectivity index (χ1n) is 7.57. The van der Waals surface area contributed by atoms with E-state index in [1.165, 1.54) is 0 Å². The maximum Gasteiger partial charge on any atom is 0.412 e. The Labute approximate surface area is 148 Å². The van der Waals surface area contributed by atoms with E-state index < -0.39 is 11.7 Å². The van der Waals surface area contributed by atoms with Crippen LogP contribution in [0.3, 0.4) is 0 Å². The number of aromatic nitrogens is 2. The van der Waals surface area contributed by atoms with E-state index in [1.54, 1.807) is 10.7 Å². The summed E-state index contributed by atoms with van der Waals surface area (Å²) in [4.78, 5) is 11.9. The van der Waals surface area contributed by atoms with Gasteiger partial charge >= 0.3 is 6.09 Å². The molecule has 0 unspecified atom stereocenters. The molecule has 0 spiro atoms. The van der Waals surface area contributed by atoms with E-state index >= 15 is 0 Å². The van der Waals surface area contributed by atoms with Crippen LogP contribution in [0.1, 0.15) is 20.8 Å². The van der Waals surface area contributed by atoms with Gasteiger partial charge in [-0.2, -0.15) is 5.10 Å². The zero-order valence-electron chi connectivity index (χ0n) is 13.7. The van der Waals surface area contributed by atoms with E-state index in [-0.39, 0.29) is 0 Å². The van der Waals surface area contributed by atoms with Crippen molar-refractivity contribution in [3.8, 4) is 11.3 Å². The van der Waals surface area contributed by atoms with Crippen molar-refractivity contribution in [1.82, 2.24) is 9.61 Å². The summed E-state index contributed by atoms with van der Waals surface area (Å²) in [5.74, 6) is 0. The number of hydrogen-bond donors (Lipinski definition) is 1. The average molecular weight is 388 g/mol. The fourth-order valence-electron chi connectivity index (χ4n) is 2.29. The Balaban J connectivity index is 1.91. The summed E-state index contributed by atoms with van der Waals surface area (Å²) in [6.07, 6.45) is 1.27. The van der Waals surface area contributed by atoms with Gasteiger partial charge in [-0.05, 0) is 48.8 Å². The van der Waals surface area contributed by atoms with Crippen LogP contribution in [0.4, 0.5) is 10.5 Å². The van der Waals surface area contributed by atoms with Gasteiger partial charge < -0.3 is 4.74 Å². The Morgan fingerprint density at radius 2 is 1.88 bits per heavy atom. The highest BCUT2D eigenvalue weighted by Crippen LogP contribution is 2.31. The number of carbonyl (C=O) groups is 1. The number of rotatable bonds is 2. The Kier molecular flexibility index (Phi) is 4.32. The summed E-state index contributed by atoms with van der Waals surface area (Å²) in [7, 11) is 0. The number of benzene rings is 1. The molecule has 2 heterocycles. The molecule has 0 fully saturated rings. The molecule has 0 radical (unpaired) electrons. The molecule has 3 rings (SSSR count). The molecule has 2 aromatic heterocycles. The smallest absolute Gasteiger partial charge is 0.412 e. The Morgan fingerprint density at radius 3 is 2.54 bits per heavy atom. The van der Waals surface area contributed by atoms with Gasteiger partial charge in [0.05, 0.1) is 21.9 Å². The van der Waals surface area contributed by atoms with Crippen LogP contribution in [0.15, 0.2) is 53.1 Å². The zero-order valence-corrected chi connectivity index (χ0v) is 15.3. The summed E-state index contributed by atoms with van der Waals surface area (Å²) in [6.45, 7) is 5.48. The Hall–Kier alpha value is -2.34. The van der Waals surface area contributed by atoms with E-state index in [4.69, 9.17) is 4.74 Å². The number of halogens is 1. The van der Waals surface area contributed by atoms with Crippen molar-refractivity contribution in [2.75, 3.05) is 5.32 Å². The molecule has 0 bridgehead atoms. The number of amides is 1. The van der Waals surface area contributed by atoms with Gasteiger partial charge in [0, 0.05) is 5.56 Å². The maximum atomic E-state index is 11.9. The normalized spacial score (nSPS) is 11.5. The first-order chi connectivity index (χ1) is 11.3. The lowest BCUT2D eigenvalue weighted by Crippen LogP contribution is -2.27. The molecule has 0 aliphatic rings. The highest BCUT2D eigenvalue weighted by Gasteiger charge is 2.17. The highest BCUT2D eigenvalue weighted by atomic mass is 79.9. The summed E-state index contributed by atoms with van der Waals surface area (Å²) in [5, 5.41) is 7.32. The monoisotopic (exact) mass is 387 g/mol. The van der Waals surface area contributed by atoms with E-state index in [9.17, 15) is 4.79 Å². The van der Waals surface area contributed by atoms with Gasteiger partial charge in [0.15, 0.2) is 0 Å². The van der Waals surface area contributed by atoms with Crippen molar-refractivity contribution in [3.63, 3.8) is 0 Å². The average Bonchev–Trinajstić information content (AvgIpc) is 2.83. The Bertz CT molecular complexity index is 882. The number of fused-ring (bicyclic) bond motifs is 1. The summed E-state index contributed by atoms with van der Waals surface area (Å²) in [5.41, 5.74) is 2.87. The first-order valence-corrected chi connectivity index (χ1v) is 8.36. The third kappa shape index (κ3) is 3.59. The molecule has 0 saturated heterocycles. The molecule has 0 aliphatic heterocycles. The molecule has 0 aliphatic carbocycles. The minimum atomic E-state index is -0.538. The van der Waals surface area contributed by atoms with E-state index in [0.29, 0.717) is 5.69 Å². The van der Waals surface area contributed by atoms with Crippen molar-refractivity contribution in [1.29, 1.82) is 0 Å². The highest BCUT2D eigenvalue weighted by molar-refractivity contribution is 9.10. The van der Waals surface area contributed by atoms with Crippen LogP contribution in [-0.2, 0) is 4.74 Å². The van der Waals surface area contributed by atoms with Gasteiger partial charge in [-0.3, -0.25) is 5.32 Å². The van der Waals surface area contributed by atoms with E-state index in [0.717, 1.165) is 21.2 Å². The molecule has 0 atom stereocenters. The molecule has 124 valence electrons. The summed E-state index contributed by atoms with van der Waals surface area (Å²) in [6, 6.07) is 13.6. The molecule has 1 N–H and O–H groups in total. The second-order valence-electron chi connectivity index (χ2n) is 6.40. The minimum Gasteiger partial charge on any atom is -0.444 e. The van der Waals surface area contributed by atoms with Crippen molar-refractivity contribution in [3.05, 3.63) is 53.1 Å². The van der Waals surface area contributed by atoms with Crippen LogP contribution >= 0.6 is 15.9 Å². The van der Waals surface area contributed by atoms with Gasteiger partial charge in [0.2, 0.25) is 0 Å². The first kappa shape index (κ1) is 16.5. The van der Waals surface area contributed by atoms with Crippen LogP contribution < -0.4 is 5.32 Å². The predicted molar refractivity (Wildman–Crippen MR) is 98.2 cm³/mol. The molecule has 5 nitrogen and oxygen atoms in total. The second-order valence-corrected chi connectivity index (χ2v) is 7.20. The molecule has 24 heavy (non-hydrogen) atoms. The number of nitrogens with one attached hydrogen (secondary N) is 1. The predicted octanol–water partition coefficient (Wildman–Crippen LogP) is 5.11. The lowest BCUT2D eigenvalue weighted by atomic mass is 10.1. The van der Waals surface area contributed by atoms with Gasteiger partial charge in [0.1, 0.15) is 11.3 Å². The third-order valence-corrected chi connectivity index (χ3v) is 4.04.